The van der Waals surface area contributed by atoms with E-state index in [1.807, 2.05) is 0 Å². The molecule has 4 N–H and O–H groups in total. The van der Waals surface area contributed by atoms with Gasteiger partial charge in [-0.3, -0.25) is 9.59 Å². The molecule has 2 aromatic rings. The molecule has 0 aromatic heterocycles. The second kappa shape index (κ2) is 10.1. The van der Waals surface area contributed by atoms with Crippen molar-refractivity contribution < 1.29 is 38.2 Å². The van der Waals surface area contributed by atoms with E-state index in [9.17, 15) is 28.0 Å². The number of carboxylic acid groups (broad SMARTS) is 2. The molecule has 0 atom stereocenters. The number of unbranched alkanes of at least 4 members (excludes halogenated alkanes) is 1. The fourth-order valence-electron chi connectivity index (χ4n) is 2.60. The number of carbonyl (C=O) groups is 4. The number of hydrogen-bond donors (Lipinski definition) is 4. The van der Waals surface area contributed by atoms with Gasteiger partial charge in [-0.05, 0) is 49.2 Å². The summed E-state index contributed by atoms with van der Waals surface area (Å²) < 4.78 is 26.3. The van der Waals surface area contributed by atoms with E-state index in [4.69, 9.17) is 10.2 Å². The number of nitrogens with one attached hydrogen (secondary N) is 2. The third kappa shape index (κ3) is 6.36. The third-order valence-corrected chi connectivity index (χ3v) is 4.03. The fraction of sp³-hybridized carbons (Fsp3) is 0.200. The number of anilines is 2. The Morgan fingerprint density at radius 2 is 1.07 bits per heavy atom. The Morgan fingerprint density at radius 3 is 1.40 bits per heavy atom. The number of amides is 2. The summed E-state index contributed by atoms with van der Waals surface area (Å²) in [6.45, 7) is 0. The predicted molar refractivity (Wildman–Crippen MR) is 102 cm³/mol. The van der Waals surface area contributed by atoms with Gasteiger partial charge in [-0.25, -0.2) is 18.4 Å². The van der Waals surface area contributed by atoms with Gasteiger partial charge in [0.2, 0.25) is 11.8 Å². The number of carboxylic acids is 2. The third-order valence-electron chi connectivity index (χ3n) is 4.03. The minimum Gasteiger partial charge on any atom is -0.478 e. The molecule has 2 rings (SSSR count). The summed E-state index contributed by atoms with van der Waals surface area (Å²) in [6, 6.07) is 5.92. The SMILES string of the molecule is O=C(CCCCC(=O)Nc1ccc(F)cc1C(=O)O)Nc1ccc(F)cc1C(=O)O. The van der Waals surface area contributed by atoms with Gasteiger partial charge in [0, 0.05) is 12.8 Å². The summed E-state index contributed by atoms with van der Waals surface area (Å²) in [5.74, 6) is -5.27. The molecule has 8 nitrogen and oxygen atoms in total. The number of carbonyl (C=O) groups excluding carboxylic acids is 2. The highest BCUT2D eigenvalue weighted by Gasteiger charge is 2.15. The molecule has 2 amide bonds. The second-order valence-corrected chi connectivity index (χ2v) is 6.29. The van der Waals surface area contributed by atoms with Crippen molar-refractivity contribution in [2.75, 3.05) is 10.6 Å². The largest absolute Gasteiger partial charge is 0.478 e. The van der Waals surface area contributed by atoms with Crippen molar-refractivity contribution in [2.24, 2.45) is 0 Å². The van der Waals surface area contributed by atoms with Crippen LogP contribution in [0.25, 0.3) is 0 Å². The number of benzene rings is 2. The maximum absolute atomic E-state index is 13.1. The smallest absolute Gasteiger partial charge is 0.337 e. The van der Waals surface area contributed by atoms with Crippen LogP contribution >= 0.6 is 0 Å². The van der Waals surface area contributed by atoms with Crippen molar-refractivity contribution in [3.63, 3.8) is 0 Å². The molecule has 0 bridgehead atoms. The summed E-state index contributed by atoms with van der Waals surface area (Å²) in [4.78, 5) is 46.1. The summed E-state index contributed by atoms with van der Waals surface area (Å²) in [5, 5.41) is 22.9. The van der Waals surface area contributed by atoms with Gasteiger partial charge in [0.1, 0.15) is 11.6 Å². The van der Waals surface area contributed by atoms with E-state index in [1.54, 1.807) is 0 Å². The Bertz CT molecular complexity index is 914. The van der Waals surface area contributed by atoms with E-state index in [0.717, 1.165) is 36.4 Å². The summed E-state index contributed by atoms with van der Waals surface area (Å²) in [7, 11) is 0. The van der Waals surface area contributed by atoms with Crippen molar-refractivity contribution in [3.05, 3.63) is 59.2 Å². The highest BCUT2D eigenvalue weighted by atomic mass is 19.1. The topological polar surface area (TPSA) is 133 Å². The lowest BCUT2D eigenvalue weighted by Crippen LogP contribution is -2.16. The first-order chi connectivity index (χ1) is 14.2. The van der Waals surface area contributed by atoms with E-state index < -0.39 is 35.4 Å². The van der Waals surface area contributed by atoms with Crippen molar-refractivity contribution in [1.29, 1.82) is 0 Å². The Hall–Kier alpha value is -3.82. The minimum absolute atomic E-state index is 0.0133. The van der Waals surface area contributed by atoms with Gasteiger partial charge < -0.3 is 20.8 Å². The van der Waals surface area contributed by atoms with Crippen LogP contribution in [-0.2, 0) is 9.59 Å². The van der Waals surface area contributed by atoms with E-state index in [0.29, 0.717) is 0 Å². The molecule has 0 aliphatic rings. The lowest BCUT2D eigenvalue weighted by Gasteiger charge is -2.09. The number of hydrogen-bond acceptors (Lipinski definition) is 4. The first kappa shape index (κ1) is 22.5. The molecular weight excluding hydrogens is 402 g/mol. The molecule has 158 valence electrons. The van der Waals surface area contributed by atoms with Gasteiger partial charge >= 0.3 is 11.9 Å². The standard InChI is InChI=1S/C20H18F2N2O6/c21-11-5-7-15(13(9-11)19(27)28)23-17(25)3-1-2-4-18(26)24-16-8-6-12(22)10-14(16)20(29)30/h5-10H,1-4H2,(H,23,25)(H,24,26)(H,27,28)(H,29,30). The number of rotatable bonds is 9. The van der Waals surface area contributed by atoms with Gasteiger partial charge in [0.05, 0.1) is 22.5 Å². The van der Waals surface area contributed by atoms with Gasteiger partial charge in [0.25, 0.3) is 0 Å². The number of aromatic carboxylic acids is 2. The maximum atomic E-state index is 13.1. The first-order valence-corrected chi connectivity index (χ1v) is 8.82. The van der Waals surface area contributed by atoms with Gasteiger partial charge in [0.15, 0.2) is 0 Å². The van der Waals surface area contributed by atoms with Crippen LogP contribution in [0.3, 0.4) is 0 Å². The lowest BCUT2D eigenvalue weighted by molar-refractivity contribution is -0.118. The number of halogens is 2. The summed E-state index contributed by atoms with van der Waals surface area (Å²) in [6.07, 6.45) is 0.553. The van der Waals surface area contributed by atoms with Crippen LogP contribution in [0.1, 0.15) is 46.4 Å². The zero-order valence-corrected chi connectivity index (χ0v) is 15.6. The van der Waals surface area contributed by atoms with E-state index in [-0.39, 0.29) is 48.2 Å². The molecule has 10 heteroatoms. The molecule has 0 radical (unpaired) electrons. The normalized spacial score (nSPS) is 10.3. The quantitative estimate of drug-likeness (QED) is 0.459. The van der Waals surface area contributed by atoms with E-state index in [1.165, 1.54) is 0 Å². The van der Waals surface area contributed by atoms with Crippen LogP contribution < -0.4 is 10.6 Å². The zero-order chi connectivity index (χ0) is 22.3. The van der Waals surface area contributed by atoms with Crippen LogP contribution in [0.2, 0.25) is 0 Å². The zero-order valence-electron chi connectivity index (χ0n) is 15.6. The maximum Gasteiger partial charge on any atom is 0.337 e. The van der Waals surface area contributed by atoms with Crippen molar-refractivity contribution in [2.45, 2.75) is 25.7 Å². The minimum atomic E-state index is -1.39. The Labute approximate surface area is 169 Å². The lowest BCUT2D eigenvalue weighted by atomic mass is 10.1. The van der Waals surface area contributed by atoms with E-state index in [2.05, 4.69) is 10.6 Å². The molecule has 2 aromatic carbocycles. The fourth-order valence-corrected chi connectivity index (χ4v) is 2.60. The molecule has 0 spiro atoms. The first-order valence-electron chi connectivity index (χ1n) is 8.82. The van der Waals surface area contributed by atoms with Crippen LogP contribution in [0, 0.1) is 11.6 Å². The van der Waals surface area contributed by atoms with Crippen LogP contribution in [-0.4, -0.2) is 34.0 Å². The molecule has 0 aliphatic heterocycles. The molecule has 0 aliphatic carbocycles. The average Bonchev–Trinajstić information content (AvgIpc) is 2.67. The second-order valence-electron chi connectivity index (χ2n) is 6.29. The average molecular weight is 420 g/mol. The van der Waals surface area contributed by atoms with Crippen molar-refractivity contribution in [3.8, 4) is 0 Å². The van der Waals surface area contributed by atoms with Gasteiger partial charge in [-0.15, -0.1) is 0 Å². The van der Waals surface area contributed by atoms with Crippen LogP contribution in [0.5, 0.6) is 0 Å². The highest BCUT2D eigenvalue weighted by molar-refractivity contribution is 6.01. The highest BCUT2D eigenvalue weighted by Crippen LogP contribution is 2.19. The van der Waals surface area contributed by atoms with E-state index >= 15 is 0 Å². The molecule has 0 heterocycles. The monoisotopic (exact) mass is 420 g/mol. The summed E-state index contributed by atoms with van der Waals surface area (Å²) >= 11 is 0. The molecule has 0 unspecified atom stereocenters. The Balaban J connectivity index is 1.82. The van der Waals surface area contributed by atoms with Gasteiger partial charge in [-0.2, -0.15) is 0 Å². The summed E-state index contributed by atoms with van der Waals surface area (Å²) in [5.41, 5.74) is -0.833. The molecule has 0 fully saturated rings. The Morgan fingerprint density at radius 1 is 0.700 bits per heavy atom. The predicted octanol–water partition coefficient (Wildman–Crippen LogP) is 3.50. The van der Waals surface area contributed by atoms with Crippen LogP contribution in [0.15, 0.2) is 36.4 Å². The molecule has 30 heavy (non-hydrogen) atoms. The van der Waals surface area contributed by atoms with Crippen molar-refractivity contribution >= 4 is 35.1 Å². The molecule has 0 saturated heterocycles. The van der Waals surface area contributed by atoms with Crippen molar-refractivity contribution in [1.82, 2.24) is 0 Å². The van der Waals surface area contributed by atoms with Gasteiger partial charge in [-0.1, -0.05) is 0 Å². The van der Waals surface area contributed by atoms with Crippen LogP contribution in [0.4, 0.5) is 20.2 Å². The Kier molecular flexibility index (Phi) is 7.56. The molecule has 0 saturated carbocycles. The molecular formula is C20H18F2N2O6.